The van der Waals surface area contributed by atoms with Crippen LogP contribution in [0.15, 0.2) is 35.1 Å². The third kappa shape index (κ3) is 3.26. The summed E-state index contributed by atoms with van der Waals surface area (Å²) in [6, 6.07) is 9.90. The largest absolute Gasteiger partial charge is 0.492 e. The number of likely N-dealkylation sites (N-methyl/N-ethyl adjacent to an activating group) is 1. The average Bonchev–Trinajstić information content (AvgIpc) is 3.34. The van der Waals surface area contributed by atoms with E-state index in [4.69, 9.17) is 14.2 Å². The van der Waals surface area contributed by atoms with Crippen LogP contribution in [0.5, 0.6) is 17.2 Å². The molecule has 34 heavy (non-hydrogen) atoms. The highest BCUT2D eigenvalue weighted by Gasteiger charge is 2.33. The molecule has 0 amide bonds. The summed E-state index contributed by atoms with van der Waals surface area (Å²) in [6.45, 7) is 1.67. The highest BCUT2D eigenvalue weighted by Crippen LogP contribution is 2.49. The normalized spacial score (nSPS) is 18.7. The van der Waals surface area contributed by atoms with Crippen molar-refractivity contribution in [3.8, 4) is 29.1 Å². The minimum atomic E-state index is -0.102. The zero-order valence-corrected chi connectivity index (χ0v) is 19.6. The summed E-state index contributed by atoms with van der Waals surface area (Å²) in [5, 5.41) is 0.791. The quantitative estimate of drug-likeness (QED) is 0.549. The summed E-state index contributed by atoms with van der Waals surface area (Å²) in [7, 11) is 3.78. The Morgan fingerprint density at radius 3 is 2.88 bits per heavy atom. The van der Waals surface area contributed by atoms with Crippen molar-refractivity contribution in [1.29, 1.82) is 0 Å². The number of benzene rings is 2. The lowest BCUT2D eigenvalue weighted by molar-refractivity contribution is 0.171. The number of methoxy groups -OCH3 is 1. The van der Waals surface area contributed by atoms with Gasteiger partial charge in [0.1, 0.15) is 6.04 Å². The maximum absolute atomic E-state index is 13.1. The summed E-state index contributed by atoms with van der Waals surface area (Å²) in [6.07, 6.45) is 4.89. The van der Waals surface area contributed by atoms with Crippen LogP contribution in [0.2, 0.25) is 0 Å². The fourth-order valence-electron chi connectivity index (χ4n) is 5.66. The van der Waals surface area contributed by atoms with Crippen molar-refractivity contribution in [1.82, 2.24) is 9.47 Å². The SMILES string of the molecule is COc1c2c(cc3c1C(C#CCn1c4c(c(=O)c5ccccc51)CCCC4)N(C)CC3)OCO2. The molecule has 6 heteroatoms. The monoisotopic (exact) mass is 456 g/mol. The van der Waals surface area contributed by atoms with Crippen LogP contribution >= 0.6 is 0 Å². The van der Waals surface area contributed by atoms with Crippen molar-refractivity contribution < 1.29 is 14.2 Å². The fourth-order valence-corrected chi connectivity index (χ4v) is 5.66. The van der Waals surface area contributed by atoms with E-state index in [2.05, 4.69) is 34.4 Å². The van der Waals surface area contributed by atoms with E-state index in [9.17, 15) is 4.79 Å². The molecule has 0 N–H and O–H groups in total. The predicted octanol–water partition coefficient (Wildman–Crippen LogP) is 3.85. The van der Waals surface area contributed by atoms with Gasteiger partial charge in [-0.2, -0.15) is 0 Å². The fraction of sp³-hybridized carbons (Fsp3) is 0.393. The standard InChI is InChI=1S/C28H28N2O4/c1-29-15-13-18-16-24-27(34-17-33-24)28(32-2)25(18)23(29)12-7-14-30-21-10-5-3-8-19(21)26(31)20-9-4-6-11-22(20)30/h3,5,8,10,16,23H,4,6,9,11,13-15,17H2,1-2H3. The van der Waals surface area contributed by atoms with Crippen LogP contribution in [0.4, 0.5) is 0 Å². The minimum absolute atomic E-state index is 0.102. The Morgan fingerprint density at radius 1 is 1.15 bits per heavy atom. The van der Waals surface area contributed by atoms with Gasteiger partial charge in [0.15, 0.2) is 16.9 Å². The van der Waals surface area contributed by atoms with Gasteiger partial charge in [-0.25, -0.2) is 0 Å². The van der Waals surface area contributed by atoms with E-state index in [-0.39, 0.29) is 18.3 Å². The zero-order chi connectivity index (χ0) is 23.2. The molecule has 6 nitrogen and oxygen atoms in total. The maximum atomic E-state index is 13.1. The summed E-state index contributed by atoms with van der Waals surface area (Å²) < 4.78 is 19.4. The van der Waals surface area contributed by atoms with Crippen molar-refractivity contribution in [2.45, 2.75) is 44.7 Å². The maximum Gasteiger partial charge on any atom is 0.231 e. The summed E-state index contributed by atoms with van der Waals surface area (Å²) in [5.41, 5.74) is 5.56. The third-order valence-corrected chi connectivity index (χ3v) is 7.35. The first-order valence-corrected chi connectivity index (χ1v) is 12.0. The van der Waals surface area contributed by atoms with Gasteiger partial charge in [-0.05, 0) is 62.9 Å². The minimum Gasteiger partial charge on any atom is -0.492 e. The van der Waals surface area contributed by atoms with Gasteiger partial charge in [0, 0.05) is 28.8 Å². The number of aromatic nitrogens is 1. The average molecular weight is 457 g/mol. The molecule has 3 heterocycles. The second-order valence-corrected chi connectivity index (χ2v) is 9.24. The van der Waals surface area contributed by atoms with Gasteiger partial charge in [0.05, 0.1) is 19.2 Å². The first-order valence-electron chi connectivity index (χ1n) is 12.0. The van der Waals surface area contributed by atoms with Crippen LogP contribution in [0.1, 0.15) is 41.3 Å². The van der Waals surface area contributed by atoms with E-state index < -0.39 is 0 Å². The van der Waals surface area contributed by atoms with Gasteiger partial charge in [-0.15, -0.1) is 0 Å². The summed E-state index contributed by atoms with van der Waals surface area (Å²) in [5.74, 6) is 9.14. The smallest absolute Gasteiger partial charge is 0.231 e. The molecule has 0 radical (unpaired) electrons. The zero-order valence-electron chi connectivity index (χ0n) is 19.6. The molecule has 174 valence electrons. The molecule has 6 rings (SSSR count). The Balaban J connectivity index is 1.43. The lowest BCUT2D eigenvalue weighted by Gasteiger charge is -2.32. The van der Waals surface area contributed by atoms with Crippen molar-refractivity contribution in [2.24, 2.45) is 0 Å². The Kier molecular flexibility index (Phi) is 5.23. The second kappa shape index (κ2) is 8.41. The number of fused-ring (bicyclic) bond motifs is 4. The number of hydrogen-bond acceptors (Lipinski definition) is 5. The van der Waals surface area contributed by atoms with Crippen LogP contribution < -0.4 is 19.6 Å². The van der Waals surface area contributed by atoms with Crippen LogP contribution in [0.3, 0.4) is 0 Å². The Morgan fingerprint density at radius 2 is 2.00 bits per heavy atom. The number of rotatable bonds is 2. The number of nitrogens with zero attached hydrogens (tertiary/aromatic N) is 2. The topological polar surface area (TPSA) is 52.9 Å². The second-order valence-electron chi connectivity index (χ2n) is 9.24. The van der Waals surface area contributed by atoms with Crippen molar-refractivity contribution in [3.63, 3.8) is 0 Å². The van der Waals surface area contributed by atoms with E-state index >= 15 is 0 Å². The van der Waals surface area contributed by atoms with Gasteiger partial charge in [-0.3, -0.25) is 9.69 Å². The van der Waals surface area contributed by atoms with E-state index in [1.54, 1.807) is 7.11 Å². The number of pyridine rings is 1. The van der Waals surface area contributed by atoms with Gasteiger partial charge in [0.25, 0.3) is 0 Å². The van der Waals surface area contributed by atoms with Crippen LogP contribution in [-0.2, 0) is 25.8 Å². The molecule has 3 aromatic rings. The van der Waals surface area contributed by atoms with E-state index in [1.165, 1.54) is 5.56 Å². The molecule has 0 saturated heterocycles. The number of hydrogen-bond donors (Lipinski definition) is 0. The van der Waals surface area contributed by atoms with Crippen molar-refractivity contribution >= 4 is 10.9 Å². The Bertz CT molecular complexity index is 1410. The lowest BCUT2D eigenvalue weighted by Crippen LogP contribution is -2.32. The summed E-state index contributed by atoms with van der Waals surface area (Å²) in [4.78, 5) is 15.4. The molecule has 2 aliphatic heterocycles. The lowest BCUT2D eigenvalue weighted by atomic mass is 9.91. The molecule has 0 bridgehead atoms. The van der Waals surface area contributed by atoms with E-state index in [0.29, 0.717) is 12.3 Å². The van der Waals surface area contributed by atoms with Gasteiger partial charge < -0.3 is 18.8 Å². The molecule has 1 atom stereocenters. The molecule has 3 aliphatic rings. The van der Waals surface area contributed by atoms with E-state index in [1.807, 2.05) is 24.3 Å². The molecular weight excluding hydrogens is 428 g/mol. The van der Waals surface area contributed by atoms with Crippen molar-refractivity contribution in [3.05, 3.63) is 62.9 Å². The first kappa shape index (κ1) is 21.1. The van der Waals surface area contributed by atoms with Crippen LogP contribution in [0, 0.1) is 11.8 Å². The molecule has 0 saturated carbocycles. The predicted molar refractivity (Wildman–Crippen MR) is 131 cm³/mol. The third-order valence-electron chi connectivity index (χ3n) is 7.35. The molecule has 0 spiro atoms. The van der Waals surface area contributed by atoms with Crippen LogP contribution in [0.25, 0.3) is 10.9 Å². The Hall–Kier alpha value is -3.43. The molecule has 1 unspecified atom stereocenters. The molecule has 0 fully saturated rings. The van der Waals surface area contributed by atoms with Gasteiger partial charge in [0.2, 0.25) is 12.5 Å². The number of para-hydroxylation sites is 1. The van der Waals surface area contributed by atoms with Crippen LogP contribution in [-0.4, -0.2) is 37.0 Å². The molecule has 1 aliphatic carbocycles. The first-order chi connectivity index (χ1) is 16.7. The summed E-state index contributed by atoms with van der Waals surface area (Å²) >= 11 is 0. The number of ether oxygens (including phenoxy) is 3. The molecule has 2 aromatic carbocycles. The Labute approximate surface area is 199 Å². The van der Waals surface area contributed by atoms with Gasteiger partial charge >= 0.3 is 0 Å². The molecule has 1 aromatic heterocycles. The van der Waals surface area contributed by atoms with E-state index in [0.717, 1.165) is 77.9 Å². The highest BCUT2D eigenvalue weighted by atomic mass is 16.7. The van der Waals surface area contributed by atoms with Crippen molar-refractivity contribution in [2.75, 3.05) is 27.5 Å². The highest BCUT2D eigenvalue weighted by molar-refractivity contribution is 5.80. The van der Waals surface area contributed by atoms with Gasteiger partial charge in [-0.1, -0.05) is 24.0 Å². The molecular formula is C28H28N2O4.